The summed E-state index contributed by atoms with van der Waals surface area (Å²) in [6.07, 6.45) is -1.44. The smallest absolute Gasteiger partial charge is 0.429 e. The molecule has 0 fully saturated rings. The van der Waals surface area contributed by atoms with Crippen molar-refractivity contribution in [3.05, 3.63) is 131 Å². The van der Waals surface area contributed by atoms with Crippen LogP contribution in [0.5, 0.6) is 11.5 Å². The van der Waals surface area contributed by atoms with Crippen LogP contribution in [0.1, 0.15) is 24.5 Å². The highest BCUT2D eigenvalue weighted by Gasteiger charge is 2.38. The Hall–Kier alpha value is -4.67. The van der Waals surface area contributed by atoms with E-state index in [0.717, 1.165) is 30.5 Å². The van der Waals surface area contributed by atoms with E-state index in [1.165, 1.54) is 6.07 Å². The zero-order valence-corrected chi connectivity index (χ0v) is 22.2. The quantitative estimate of drug-likeness (QED) is 0.101. The molecule has 2 nitrogen and oxygen atoms in total. The van der Waals surface area contributed by atoms with Crippen LogP contribution in [-0.2, 0) is 12.5 Å². The van der Waals surface area contributed by atoms with Gasteiger partial charge in [0, 0.05) is 12.1 Å². The summed E-state index contributed by atoms with van der Waals surface area (Å²) < 4.78 is 136. The first-order valence-electron chi connectivity index (χ1n) is 12.6. The first kappa shape index (κ1) is 31.3. The molecule has 0 saturated carbocycles. The van der Waals surface area contributed by atoms with Crippen LogP contribution in [0.2, 0.25) is 0 Å². The number of halogens is 9. The molecule has 0 saturated heterocycles. The highest BCUT2D eigenvalue weighted by Crippen LogP contribution is 2.38. The molecule has 0 radical (unpaired) electrons. The van der Waals surface area contributed by atoms with Crippen molar-refractivity contribution in [2.75, 3.05) is 0 Å². The van der Waals surface area contributed by atoms with Crippen LogP contribution in [-0.4, -0.2) is 0 Å². The molecule has 0 aliphatic heterocycles. The van der Waals surface area contributed by atoms with E-state index in [4.69, 9.17) is 0 Å². The molecule has 0 unspecified atom stereocenters. The normalized spacial score (nSPS) is 11.6. The molecule has 4 aromatic carbocycles. The summed E-state index contributed by atoms with van der Waals surface area (Å²) in [5, 5.41) is 0. The van der Waals surface area contributed by atoms with Crippen LogP contribution in [0, 0.1) is 29.1 Å². The first-order valence-corrected chi connectivity index (χ1v) is 12.6. The highest BCUT2D eigenvalue weighted by molar-refractivity contribution is 5.67. The number of allylic oxidation sites excluding steroid dienone is 2. The maximum absolute atomic E-state index is 14.9. The lowest BCUT2D eigenvalue weighted by atomic mass is 10.0. The molecule has 4 rings (SSSR count). The fourth-order valence-electron chi connectivity index (χ4n) is 4.22. The maximum Gasteiger partial charge on any atom is 0.429 e. The number of hydrogen-bond acceptors (Lipinski definition) is 2. The van der Waals surface area contributed by atoms with E-state index in [2.05, 4.69) is 9.47 Å². The lowest BCUT2D eigenvalue weighted by molar-refractivity contribution is -0.187. The first-order chi connectivity index (χ1) is 20.4. The topological polar surface area (TPSA) is 18.5 Å². The standard InChI is InChI=1S/C32H21F9O2/c1-2-3-4-5-18-6-8-19(9-7-18)20-10-11-23(24(33)12-20)32(40,41)43-22-15-25(34)30(26(35)16-22)21-13-27(36)31(28(37)14-21)42-17-29(38)39/h2-3,6-17H,4-5H2,1H3/b3-2+. The number of ether oxygens (including phenoxy) is 2. The van der Waals surface area contributed by atoms with E-state index < -0.39 is 69.5 Å². The summed E-state index contributed by atoms with van der Waals surface area (Å²) in [4.78, 5) is 0. The van der Waals surface area contributed by atoms with Gasteiger partial charge in [-0.05, 0) is 66.3 Å². The number of rotatable bonds is 10. The van der Waals surface area contributed by atoms with Crippen LogP contribution in [0.4, 0.5) is 39.5 Å². The SMILES string of the molecule is C/C=C/CCc1ccc(-c2ccc(C(F)(F)Oc3cc(F)c(-c4cc(F)c(OC=C(F)F)c(F)c4)c(F)c3)c(F)c2)cc1. The predicted octanol–water partition coefficient (Wildman–Crippen LogP) is 10.5. The molecular weight excluding hydrogens is 587 g/mol. The molecular formula is C32H21F9O2. The van der Waals surface area contributed by atoms with Gasteiger partial charge < -0.3 is 9.47 Å². The zero-order valence-electron chi connectivity index (χ0n) is 22.2. The monoisotopic (exact) mass is 608 g/mol. The molecule has 11 heteroatoms. The number of benzene rings is 4. The Balaban J connectivity index is 1.55. The van der Waals surface area contributed by atoms with E-state index in [1.807, 2.05) is 31.2 Å². The van der Waals surface area contributed by atoms with E-state index in [1.54, 1.807) is 12.1 Å². The molecule has 0 spiro atoms. The minimum Gasteiger partial charge on any atom is -0.453 e. The second-order valence-corrected chi connectivity index (χ2v) is 9.17. The van der Waals surface area contributed by atoms with Gasteiger partial charge in [0.1, 0.15) is 23.2 Å². The van der Waals surface area contributed by atoms with Gasteiger partial charge in [-0.25, -0.2) is 22.0 Å². The Morgan fingerprint density at radius 1 is 0.721 bits per heavy atom. The molecule has 0 bridgehead atoms. The highest BCUT2D eigenvalue weighted by atomic mass is 19.3. The summed E-state index contributed by atoms with van der Waals surface area (Å²) in [6, 6.07) is 11.4. The van der Waals surface area contributed by atoms with E-state index in [-0.39, 0.29) is 6.26 Å². The largest absolute Gasteiger partial charge is 0.453 e. The fraction of sp³-hybridized carbons (Fsp3) is 0.125. The molecule has 0 atom stereocenters. The maximum atomic E-state index is 14.9. The van der Waals surface area contributed by atoms with Crippen LogP contribution in [0.15, 0.2) is 91.2 Å². The van der Waals surface area contributed by atoms with Gasteiger partial charge in [-0.2, -0.15) is 17.6 Å². The summed E-state index contributed by atoms with van der Waals surface area (Å²) in [5.74, 6) is -9.91. The number of aryl methyl sites for hydroxylation is 1. The molecule has 0 N–H and O–H groups in total. The van der Waals surface area contributed by atoms with Crippen molar-refractivity contribution >= 4 is 0 Å². The summed E-state index contributed by atoms with van der Waals surface area (Å²) in [5.41, 5.74) is -1.05. The third-order valence-corrected chi connectivity index (χ3v) is 6.22. The minimum atomic E-state index is -4.38. The average molecular weight is 609 g/mol. The lowest BCUT2D eigenvalue weighted by Crippen LogP contribution is -2.23. The van der Waals surface area contributed by atoms with E-state index >= 15 is 0 Å². The lowest BCUT2D eigenvalue weighted by Gasteiger charge is -2.20. The van der Waals surface area contributed by atoms with Crippen molar-refractivity contribution in [1.29, 1.82) is 0 Å². The fourth-order valence-corrected chi connectivity index (χ4v) is 4.22. The molecule has 0 aliphatic rings. The van der Waals surface area contributed by atoms with E-state index in [9.17, 15) is 39.5 Å². The van der Waals surface area contributed by atoms with Crippen LogP contribution in [0.3, 0.4) is 0 Å². The van der Waals surface area contributed by atoms with Crippen molar-refractivity contribution < 1.29 is 49.0 Å². The molecule has 224 valence electrons. The van der Waals surface area contributed by atoms with Gasteiger partial charge in [-0.15, -0.1) is 0 Å². The van der Waals surface area contributed by atoms with Gasteiger partial charge in [-0.1, -0.05) is 42.5 Å². The van der Waals surface area contributed by atoms with Crippen molar-refractivity contribution in [3.63, 3.8) is 0 Å². The van der Waals surface area contributed by atoms with Gasteiger partial charge in [-0.3, -0.25) is 0 Å². The number of hydrogen-bond donors (Lipinski definition) is 0. The molecule has 43 heavy (non-hydrogen) atoms. The third-order valence-electron chi connectivity index (χ3n) is 6.22. The Kier molecular flexibility index (Phi) is 9.53. The van der Waals surface area contributed by atoms with Crippen LogP contribution < -0.4 is 9.47 Å². The second kappa shape index (κ2) is 13.1. The van der Waals surface area contributed by atoms with Crippen molar-refractivity contribution in [2.45, 2.75) is 25.9 Å². The molecule has 0 amide bonds. The Bertz CT molecular complexity index is 1630. The summed E-state index contributed by atoms with van der Waals surface area (Å²) in [6.45, 7) is 1.91. The number of alkyl halides is 2. The molecule has 0 heterocycles. The van der Waals surface area contributed by atoms with Crippen LogP contribution >= 0.6 is 0 Å². The minimum absolute atomic E-state index is 0.240. The van der Waals surface area contributed by atoms with Gasteiger partial charge in [0.25, 0.3) is 0 Å². The average Bonchev–Trinajstić information content (AvgIpc) is 2.92. The van der Waals surface area contributed by atoms with Gasteiger partial charge in [0.05, 0.1) is 11.1 Å². The third kappa shape index (κ3) is 7.40. The van der Waals surface area contributed by atoms with Gasteiger partial charge >= 0.3 is 12.2 Å². The van der Waals surface area contributed by atoms with Crippen molar-refractivity contribution in [3.8, 4) is 33.8 Å². The van der Waals surface area contributed by atoms with Gasteiger partial charge in [0.2, 0.25) is 0 Å². The second-order valence-electron chi connectivity index (χ2n) is 9.17. The summed E-state index contributed by atoms with van der Waals surface area (Å²) >= 11 is 0. The molecule has 0 aliphatic carbocycles. The Morgan fingerprint density at radius 3 is 1.86 bits per heavy atom. The molecule has 0 aromatic heterocycles. The van der Waals surface area contributed by atoms with Crippen LogP contribution in [0.25, 0.3) is 22.3 Å². The van der Waals surface area contributed by atoms with Gasteiger partial charge in [0.15, 0.2) is 23.6 Å². The predicted molar refractivity (Wildman–Crippen MR) is 142 cm³/mol. The van der Waals surface area contributed by atoms with Crippen molar-refractivity contribution in [2.24, 2.45) is 0 Å². The van der Waals surface area contributed by atoms with E-state index in [0.29, 0.717) is 35.4 Å². The van der Waals surface area contributed by atoms with Crippen molar-refractivity contribution in [1.82, 2.24) is 0 Å². The Morgan fingerprint density at radius 2 is 1.30 bits per heavy atom. The molecule has 4 aromatic rings. The Labute approximate surface area is 240 Å². The summed E-state index contributed by atoms with van der Waals surface area (Å²) in [7, 11) is 0. The zero-order chi connectivity index (χ0) is 31.3.